The number of fused-ring (bicyclic) bond motifs is 2. The molecule has 2 aromatic carbocycles. The number of aromatic nitrogens is 2. The number of carbonyl (C=O) groups is 2. The van der Waals surface area contributed by atoms with E-state index in [1.54, 1.807) is 6.07 Å². The number of amides is 2. The molecule has 1 aromatic heterocycles. The third kappa shape index (κ3) is 2.98. The predicted molar refractivity (Wildman–Crippen MR) is 106 cm³/mol. The van der Waals surface area contributed by atoms with Gasteiger partial charge in [0.1, 0.15) is 11.6 Å². The van der Waals surface area contributed by atoms with Crippen LogP contribution in [0.2, 0.25) is 0 Å². The number of para-hydroxylation sites is 2. The summed E-state index contributed by atoms with van der Waals surface area (Å²) in [4.78, 5) is 29.8. The molecule has 0 saturated carbocycles. The van der Waals surface area contributed by atoms with Crippen LogP contribution < -0.4 is 15.4 Å². The average molecular weight is 378 g/mol. The van der Waals surface area contributed by atoms with E-state index in [1.807, 2.05) is 54.9 Å². The number of nitrogens with zero attached hydrogens (tertiary/aromatic N) is 2. The molecular formula is C21H22N4O3. The van der Waals surface area contributed by atoms with Crippen molar-refractivity contribution in [3.8, 4) is 5.75 Å². The molecule has 0 fully saturated rings. The fraction of sp³-hybridized carbons (Fsp3) is 0.286. The number of anilines is 1. The Morgan fingerprint density at radius 3 is 2.86 bits per heavy atom. The van der Waals surface area contributed by atoms with Crippen LogP contribution in [-0.2, 0) is 23.1 Å². The van der Waals surface area contributed by atoms with Crippen LogP contribution >= 0.6 is 0 Å². The van der Waals surface area contributed by atoms with Gasteiger partial charge < -0.3 is 19.9 Å². The minimum Gasteiger partial charge on any atom is -0.466 e. The van der Waals surface area contributed by atoms with Crippen molar-refractivity contribution in [1.82, 2.24) is 14.9 Å². The van der Waals surface area contributed by atoms with Gasteiger partial charge in [0.05, 0.1) is 16.7 Å². The van der Waals surface area contributed by atoms with Crippen molar-refractivity contribution < 1.29 is 14.3 Å². The number of benzene rings is 2. The Morgan fingerprint density at radius 2 is 2.07 bits per heavy atom. The summed E-state index contributed by atoms with van der Waals surface area (Å²) in [5.74, 6) is 0.389. The van der Waals surface area contributed by atoms with Crippen LogP contribution in [0.25, 0.3) is 11.0 Å². The third-order valence-electron chi connectivity index (χ3n) is 5.08. The predicted octanol–water partition coefficient (Wildman–Crippen LogP) is 2.33. The van der Waals surface area contributed by atoms with Gasteiger partial charge in [-0.25, -0.2) is 4.98 Å². The second kappa shape index (κ2) is 6.67. The highest BCUT2D eigenvalue weighted by atomic mass is 16.5. The van der Waals surface area contributed by atoms with E-state index in [-0.39, 0.29) is 0 Å². The molecule has 4 rings (SSSR count). The van der Waals surface area contributed by atoms with Gasteiger partial charge in [-0.3, -0.25) is 9.59 Å². The lowest BCUT2D eigenvalue weighted by atomic mass is 10.0. The minimum absolute atomic E-state index is 0.350. The first kappa shape index (κ1) is 18.0. The van der Waals surface area contributed by atoms with Crippen molar-refractivity contribution in [1.29, 1.82) is 0 Å². The van der Waals surface area contributed by atoms with E-state index < -0.39 is 17.4 Å². The maximum Gasteiger partial charge on any atom is 0.278 e. The molecule has 3 aromatic rings. The second-order valence-electron chi connectivity index (χ2n) is 7.17. The molecule has 7 heteroatoms. The zero-order valence-corrected chi connectivity index (χ0v) is 16.1. The summed E-state index contributed by atoms with van der Waals surface area (Å²) < 4.78 is 7.78. The van der Waals surface area contributed by atoms with Gasteiger partial charge in [-0.1, -0.05) is 18.2 Å². The monoisotopic (exact) mass is 378 g/mol. The summed E-state index contributed by atoms with van der Waals surface area (Å²) in [5.41, 5.74) is 1.92. The Hall–Kier alpha value is -3.35. The van der Waals surface area contributed by atoms with E-state index in [4.69, 9.17) is 4.74 Å². The number of ether oxygens (including phenoxy) is 1. The van der Waals surface area contributed by atoms with Crippen molar-refractivity contribution in [3.63, 3.8) is 0 Å². The largest absolute Gasteiger partial charge is 0.466 e. The molecule has 1 atom stereocenters. The molecule has 7 nitrogen and oxygen atoms in total. The number of hydrogen-bond acceptors (Lipinski definition) is 4. The third-order valence-corrected chi connectivity index (χ3v) is 5.08. The van der Waals surface area contributed by atoms with Crippen molar-refractivity contribution in [2.75, 3.05) is 11.9 Å². The molecule has 2 amide bonds. The van der Waals surface area contributed by atoms with E-state index in [0.29, 0.717) is 24.4 Å². The molecule has 0 aliphatic carbocycles. The number of rotatable bonds is 4. The molecule has 28 heavy (non-hydrogen) atoms. The van der Waals surface area contributed by atoms with Gasteiger partial charge >= 0.3 is 0 Å². The number of imidazole rings is 1. The van der Waals surface area contributed by atoms with Crippen molar-refractivity contribution >= 4 is 28.5 Å². The van der Waals surface area contributed by atoms with Gasteiger partial charge in [-0.05, 0) is 43.7 Å². The Labute approximate surface area is 162 Å². The maximum atomic E-state index is 12.7. The molecule has 0 spiro atoms. The van der Waals surface area contributed by atoms with Crippen molar-refractivity contribution in [2.45, 2.75) is 25.9 Å². The van der Waals surface area contributed by atoms with Crippen LogP contribution in [0, 0.1) is 6.92 Å². The maximum absolute atomic E-state index is 12.7. The van der Waals surface area contributed by atoms with E-state index in [0.717, 1.165) is 22.4 Å². The molecular weight excluding hydrogens is 356 g/mol. The zero-order valence-electron chi connectivity index (χ0n) is 16.1. The fourth-order valence-corrected chi connectivity index (χ4v) is 3.36. The van der Waals surface area contributed by atoms with Gasteiger partial charge in [-0.15, -0.1) is 0 Å². The highest BCUT2D eigenvalue weighted by Crippen LogP contribution is 2.34. The lowest BCUT2D eigenvalue weighted by Gasteiger charge is -2.33. The van der Waals surface area contributed by atoms with Gasteiger partial charge in [0.2, 0.25) is 0 Å². The van der Waals surface area contributed by atoms with Crippen LogP contribution in [0.5, 0.6) is 5.75 Å². The highest BCUT2D eigenvalue weighted by Gasteiger charge is 2.47. The Kier molecular flexibility index (Phi) is 4.30. The molecule has 1 unspecified atom stereocenters. The number of carbonyl (C=O) groups excluding carboxylic acids is 2. The Morgan fingerprint density at radius 1 is 1.29 bits per heavy atom. The summed E-state index contributed by atoms with van der Waals surface area (Å²) in [7, 11) is 1.95. The van der Waals surface area contributed by atoms with Crippen LogP contribution in [0.15, 0.2) is 42.5 Å². The lowest BCUT2D eigenvalue weighted by Crippen LogP contribution is -2.59. The fourth-order valence-electron chi connectivity index (χ4n) is 3.36. The van der Waals surface area contributed by atoms with Gasteiger partial charge in [0.25, 0.3) is 17.4 Å². The van der Waals surface area contributed by atoms with Gasteiger partial charge in [0.15, 0.2) is 0 Å². The standard InChI is InChI=1S/C21H22N4O3/c1-13-8-9-17-15(12-13)24-20(27)21(2,28-17)19(26)22-11-10-18-23-14-6-4-5-7-16(14)25(18)3/h4-9,12H,10-11H2,1-3H3,(H,22,26)(H,24,27). The van der Waals surface area contributed by atoms with Crippen LogP contribution in [0.1, 0.15) is 18.3 Å². The number of nitrogens with one attached hydrogen (secondary N) is 2. The smallest absolute Gasteiger partial charge is 0.278 e. The minimum atomic E-state index is -1.62. The average Bonchev–Trinajstić information content (AvgIpc) is 2.99. The molecule has 2 heterocycles. The normalized spacial score (nSPS) is 18.3. The van der Waals surface area contributed by atoms with Crippen molar-refractivity contribution in [2.24, 2.45) is 7.05 Å². The summed E-state index contributed by atoms with van der Waals surface area (Å²) in [6.45, 7) is 3.76. The van der Waals surface area contributed by atoms with Crippen LogP contribution in [0.4, 0.5) is 5.69 Å². The van der Waals surface area contributed by atoms with E-state index in [2.05, 4.69) is 15.6 Å². The molecule has 0 saturated heterocycles. The topological polar surface area (TPSA) is 85.3 Å². The number of aryl methyl sites for hydroxylation is 2. The van der Waals surface area contributed by atoms with Crippen LogP contribution in [-0.4, -0.2) is 33.5 Å². The van der Waals surface area contributed by atoms with E-state index >= 15 is 0 Å². The quantitative estimate of drug-likeness (QED) is 0.683. The van der Waals surface area contributed by atoms with Gasteiger partial charge in [-0.2, -0.15) is 0 Å². The van der Waals surface area contributed by atoms with Gasteiger partial charge in [0, 0.05) is 20.0 Å². The summed E-state index contributed by atoms with van der Waals surface area (Å²) >= 11 is 0. The molecule has 2 N–H and O–H groups in total. The first-order valence-electron chi connectivity index (χ1n) is 9.18. The van der Waals surface area contributed by atoms with Crippen LogP contribution in [0.3, 0.4) is 0 Å². The summed E-state index contributed by atoms with van der Waals surface area (Å²) in [5, 5.41) is 5.57. The molecule has 1 aliphatic heterocycles. The summed E-state index contributed by atoms with van der Waals surface area (Å²) in [6, 6.07) is 13.3. The lowest BCUT2D eigenvalue weighted by molar-refractivity contribution is -0.146. The second-order valence-corrected chi connectivity index (χ2v) is 7.17. The Balaban J connectivity index is 1.45. The SMILES string of the molecule is Cc1ccc2c(c1)NC(=O)C(C)(C(=O)NCCc1nc3ccccc3n1C)O2. The van der Waals surface area contributed by atoms with E-state index in [9.17, 15) is 9.59 Å². The molecule has 0 bridgehead atoms. The molecule has 0 radical (unpaired) electrons. The molecule has 144 valence electrons. The van der Waals surface area contributed by atoms with E-state index in [1.165, 1.54) is 6.92 Å². The molecule has 1 aliphatic rings. The summed E-state index contributed by atoms with van der Waals surface area (Å²) in [6.07, 6.45) is 0.546. The zero-order chi connectivity index (χ0) is 19.9. The highest BCUT2D eigenvalue weighted by molar-refractivity contribution is 6.15. The first-order valence-corrected chi connectivity index (χ1v) is 9.18. The first-order chi connectivity index (χ1) is 13.4. The Bertz CT molecular complexity index is 1090. The van der Waals surface area contributed by atoms with Crippen molar-refractivity contribution in [3.05, 3.63) is 53.9 Å². The number of hydrogen-bond donors (Lipinski definition) is 2.